The van der Waals surface area contributed by atoms with Crippen molar-refractivity contribution < 1.29 is 13.6 Å². The number of hydrogen-bond donors (Lipinski definition) is 0. The molecule has 0 N–H and O–H groups in total. The molecule has 0 aliphatic heterocycles. The number of carbonyl (C=O) groups excluding carboxylic acids is 1. The van der Waals surface area contributed by atoms with Crippen LogP contribution < -0.4 is 0 Å². The number of halogens is 3. The molecule has 0 spiro atoms. The van der Waals surface area contributed by atoms with Gasteiger partial charge >= 0.3 is 0 Å². The third-order valence-corrected chi connectivity index (χ3v) is 3.69. The largest absolute Gasteiger partial charge is 0.293 e. The number of Topliss-reactive ketones (excluding diaryl/α,β-unsaturated/α-hetero) is 1. The highest BCUT2D eigenvalue weighted by Gasteiger charge is 2.16. The normalized spacial score (nSPS) is 10.5. The van der Waals surface area contributed by atoms with Gasteiger partial charge in [-0.25, -0.2) is 8.78 Å². The molecule has 5 heteroatoms. The van der Waals surface area contributed by atoms with Gasteiger partial charge in [-0.1, -0.05) is 17.7 Å². The van der Waals surface area contributed by atoms with E-state index in [4.69, 9.17) is 11.6 Å². The van der Waals surface area contributed by atoms with Gasteiger partial charge in [0, 0.05) is 9.92 Å². The van der Waals surface area contributed by atoms with Crippen LogP contribution in [0.3, 0.4) is 0 Å². The fourth-order valence-corrected chi connectivity index (χ4v) is 2.41. The quantitative estimate of drug-likeness (QED) is 0.606. The first-order valence-electron chi connectivity index (χ1n) is 5.43. The van der Waals surface area contributed by atoms with Gasteiger partial charge in [-0.3, -0.25) is 4.79 Å². The minimum Gasteiger partial charge on any atom is -0.293 e. The van der Waals surface area contributed by atoms with Gasteiger partial charge in [0.05, 0.1) is 11.3 Å². The molecule has 0 unspecified atom stereocenters. The Morgan fingerprint density at radius 1 is 1.05 bits per heavy atom. The number of thioether (sulfide) groups is 1. The van der Waals surface area contributed by atoms with Crippen LogP contribution >= 0.6 is 23.4 Å². The summed E-state index contributed by atoms with van der Waals surface area (Å²) in [5.41, 5.74) is -0.482. The van der Waals surface area contributed by atoms with Crippen molar-refractivity contribution in [3.05, 3.63) is 64.7 Å². The van der Waals surface area contributed by atoms with Gasteiger partial charge in [0.15, 0.2) is 5.78 Å². The molecule has 2 rings (SSSR count). The van der Waals surface area contributed by atoms with E-state index in [9.17, 15) is 13.6 Å². The van der Waals surface area contributed by atoms with Crippen LogP contribution in [-0.2, 0) is 0 Å². The standard InChI is InChI=1S/C14H9ClF2OS/c15-9-4-6-10(7-5-9)19-8-13(18)14-11(16)2-1-3-12(14)17/h1-7H,8H2. The molecule has 0 amide bonds. The molecule has 2 aromatic rings. The zero-order chi connectivity index (χ0) is 13.8. The number of ketones is 1. The van der Waals surface area contributed by atoms with E-state index >= 15 is 0 Å². The first kappa shape index (κ1) is 14.0. The molecular formula is C14H9ClF2OS. The molecule has 0 heterocycles. The van der Waals surface area contributed by atoms with Gasteiger partial charge < -0.3 is 0 Å². The van der Waals surface area contributed by atoms with Gasteiger partial charge in [-0.15, -0.1) is 11.8 Å². The highest BCUT2D eigenvalue weighted by Crippen LogP contribution is 2.22. The van der Waals surface area contributed by atoms with E-state index in [0.717, 1.165) is 17.0 Å². The molecule has 0 fully saturated rings. The predicted octanol–water partition coefficient (Wildman–Crippen LogP) is 4.59. The summed E-state index contributed by atoms with van der Waals surface area (Å²) in [5, 5.41) is 0.593. The van der Waals surface area contributed by atoms with Crippen LogP contribution in [-0.4, -0.2) is 11.5 Å². The molecule has 0 aliphatic rings. The monoisotopic (exact) mass is 298 g/mol. The van der Waals surface area contributed by atoms with Crippen LogP contribution in [0.5, 0.6) is 0 Å². The first-order chi connectivity index (χ1) is 9.08. The second kappa shape index (κ2) is 6.17. The molecule has 2 aromatic carbocycles. The molecule has 1 nitrogen and oxygen atoms in total. The summed E-state index contributed by atoms with van der Waals surface area (Å²) in [5.74, 6) is -2.27. The van der Waals surface area contributed by atoms with E-state index in [2.05, 4.69) is 0 Å². The third-order valence-electron chi connectivity index (χ3n) is 2.43. The molecule has 0 aliphatic carbocycles. The Balaban J connectivity index is 2.07. The Hall–Kier alpha value is -1.39. The van der Waals surface area contributed by atoms with Gasteiger partial charge in [0.1, 0.15) is 11.6 Å². The van der Waals surface area contributed by atoms with E-state index in [1.807, 2.05) is 0 Å². The van der Waals surface area contributed by atoms with E-state index in [-0.39, 0.29) is 5.75 Å². The molecular weight excluding hydrogens is 290 g/mol. The van der Waals surface area contributed by atoms with Crippen molar-refractivity contribution in [1.29, 1.82) is 0 Å². The number of hydrogen-bond acceptors (Lipinski definition) is 2. The van der Waals surface area contributed by atoms with Crippen molar-refractivity contribution in [2.45, 2.75) is 4.90 Å². The average Bonchev–Trinajstić information content (AvgIpc) is 2.38. The molecule has 98 valence electrons. The maximum Gasteiger partial charge on any atom is 0.178 e. The van der Waals surface area contributed by atoms with Crippen LogP contribution in [0.25, 0.3) is 0 Å². The van der Waals surface area contributed by atoms with Crippen LogP contribution in [0.1, 0.15) is 10.4 Å². The van der Waals surface area contributed by atoms with Crippen molar-refractivity contribution in [3.8, 4) is 0 Å². The lowest BCUT2D eigenvalue weighted by Gasteiger charge is -2.04. The predicted molar refractivity (Wildman–Crippen MR) is 72.9 cm³/mol. The zero-order valence-corrected chi connectivity index (χ0v) is 11.3. The molecule has 0 saturated carbocycles. The van der Waals surface area contributed by atoms with Crippen LogP contribution in [0.4, 0.5) is 8.78 Å². The maximum absolute atomic E-state index is 13.4. The molecule has 0 bridgehead atoms. The smallest absolute Gasteiger partial charge is 0.178 e. The summed E-state index contributed by atoms with van der Waals surface area (Å²) in [6, 6.07) is 10.3. The van der Waals surface area contributed by atoms with Crippen molar-refractivity contribution in [2.75, 3.05) is 5.75 Å². The lowest BCUT2D eigenvalue weighted by atomic mass is 10.1. The zero-order valence-electron chi connectivity index (χ0n) is 9.70. The van der Waals surface area contributed by atoms with E-state index in [1.165, 1.54) is 17.8 Å². The van der Waals surface area contributed by atoms with E-state index < -0.39 is 23.0 Å². The van der Waals surface area contributed by atoms with Crippen LogP contribution in [0, 0.1) is 11.6 Å². The summed E-state index contributed by atoms with van der Waals surface area (Å²) >= 11 is 6.94. The number of benzene rings is 2. The molecule has 0 aromatic heterocycles. The Kier molecular flexibility index (Phi) is 4.56. The minimum atomic E-state index is -0.832. The summed E-state index contributed by atoms with van der Waals surface area (Å²) in [7, 11) is 0. The topological polar surface area (TPSA) is 17.1 Å². The summed E-state index contributed by atoms with van der Waals surface area (Å²) in [6.07, 6.45) is 0. The Morgan fingerprint density at radius 3 is 2.21 bits per heavy atom. The SMILES string of the molecule is O=C(CSc1ccc(Cl)cc1)c1c(F)cccc1F. The summed E-state index contributed by atoms with van der Waals surface area (Å²) < 4.78 is 26.8. The van der Waals surface area contributed by atoms with Crippen molar-refractivity contribution in [2.24, 2.45) is 0 Å². The average molecular weight is 299 g/mol. The highest BCUT2D eigenvalue weighted by molar-refractivity contribution is 8.00. The Labute approximate surface area is 118 Å². The third kappa shape index (κ3) is 3.55. The molecule has 0 radical (unpaired) electrons. The van der Waals surface area contributed by atoms with Gasteiger partial charge in [0.25, 0.3) is 0 Å². The second-order valence-corrected chi connectivity index (χ2v) is 5.25. The highest BCUT2D eigenvalue weighted by atomic mass is 35.5. The lowest BCUT2D eigenvalue weighted by Crippen LogP contribution is -2.08. The maximum atomic E-state index is 13.4. The molecule has 0 saturated heterocycles. The van der Waals surface area contributed by atoms with Crippen molar-refractivity contribution >= 4 is 29.1 Å². The van der Waals surface area contributed by atoms with E-state index in [0.29, 0.717) is 5.02 Å². The van der Waals surface area contributed by atoms with Gasteiger partial charge in [-0.2, -0.15) is 0 Å². The minimum absolute atomic E-state index is 0.0283. The Bertz CT molecular complexity index is 579. The van der Waals surface area contributed by atoms with Crippen LogP contribution in [0.2, 0.25) is 5.02 Å². The second-order valence-electron chi connectivity index (χ2n) is 3.76. The fraction of sp³-hybridized carbons (Fsp3) is 0.0714. The van der Waals surface area contributed by atoms with Crippen molar-refractivity contribution in [1.82, 2.24) is 0 Å². The van der Waals surface area contributed by atoms with E-state index in [1.54, 1.807) is 24.3 Å². The lowest BCUT2D eigenvalue weighted by molar-refractivity contribution is 0.101. The Morgan fingerprint density at radius 2 is 1.63 bits per heavy atom. The van der Waals surface area contributed by atoms with Gasteiger partial charge in [0.2, 0.25) is 0 Å². The van der Waals surface area contributed by atoms with Crippen LogP contribution in [0.15, 0.2) is 47.4 Å². The fourth-order valence-electron chi connectivity index (χ4n) is 1.52. The van der Waals surface area contributed by atoms with Gasteiger partial charge in [-0.05, 0) is 36.4 Å². The summed E-state index contributed by atoms with van der Waals surface area (Å²) in [4.78, 5) is 12.6. The van der Waals surface area contributed by atoms with Crippen molar-refractivity contribution in [3.63, 3.8) is 0 Å². The first-order valence-corrected chi connectivity index (χ1v) is 6.80. The number of carbonyl (C=O) groups is 1. The summed E-state index contributed by atoms with van der Waals surface area (Å²) in [6.45, 7) is 0. The molecule has 19 heavy (non-hydrogen) atoms. The molecule has 0 atom stereocenters. The number of rotatable bonds is 4.